The Morgan fingerprint density at radius 3 is 2.22 bits per heavy atom. The number of carbonyl (C=O) groups is 1. The summed E-state index contributed by atoms with van der Waals surface area (Å²) < 4.78 is 5.73. The molecule has 0 bridgehead atoms. The van der Waals surface area contributed by atoms with E-state index < -0.39 is 0 Å². The molecule has 122 valence electrons. The number of nitrogens with one attached hydrogen (secondary N) is 2. The number of urea groups is 1. The number of ether oxygens (including phenoxy) is 1. The molecule has 23 heavy (non-hydrogen) atoms. The largest absolute Gasteiger partial charge is 0.457 e. The lowest BCUT2D eigenvalue weighted by Crippen LogP contribution is -2.43. The normalized spacial score (nSPS) is 13.0. The van der Waals surface area contributed by atoms with E-state index in [0.717, 1.165) is 17.1 Å². The Bertz CT molecular complexity index is 614. The van der Waals surface area contributed by atoms with E-state index in [9.17, 15) is 4.79 Å². The van der Waals surface area contributed by atoms with Gasteiger partial charge >= 0.3 is 6.03 Å². The molecule has 0 radical (unpaired) electrons. The maximum atomic E-state index is 11.7. The van der Waals surface area contributed by atoms with Gasteiger partial charge in [0.1, 0.15) is 11.5 Å². The molecule has 5 heteroatoms. The fraction of sp³-hybridized carbons (Fsp3) is 0.278. The molecule has 0 aliphatic heterocycles. The third-order valence-electron chi connectivity index (χ3n) is 3.36. The standard InChI is InChI=1S/C18H22N2O3/c1-13(12-21)19-18(22)20-14(2)15-8-10-17(11-9-15)23-16-6-4-3-5-7-16/h3-11,13-14,21H,12H2,1-2H3,(H2,19,20,22). The van der Waals surface area contributed by atoms with Gasteiger partial charge in [-0.1, -0.05) is 30.3 Å². The molecule has 0 spiro atoms. The minimum Gasteiger partial charge on any atom is -0.457 e. The van der Waals surface area contributed by atoms with Crippen LogP contribution in [0.25, 0.3) is 0 Å². The molecule has 0 saturated heterocycles. The predicted octanol–water partition coefficient (Wildman–Crippen LogP) is 3.22. The second-order valence-electron chi connectivity index (χ2n) is 5.41. The van der Waals surface area contributed by atoms with E-state index in [0.29, 0.717) is 0 Å². The highest BCUT2D eigenvalue weighted by atomic mass is 16.5. The van der Waals surface area contributed by atoms with Crippen LogP contribution in [-0.4, -0.2) is 23.8 Å². The van der Waals surface area contributed by atoms with Gasteiger partial charge in [-0.2, -0.15) is 0 Å². The van der Waals surface area contributed by atoms with Crippen LogP contribution in [0.4, 0.5) is 4.79 Å². The van der Waals surface area contributed by atoms with Gasteiger partial charge in [0.05, 0.1) is 18.7 Å². The molecule has 0 fully saturated rings. The number of carbonyl (C=O) groups excluding carboxylic acids is 1. The summed E-state index contributed by atoms with van der Waals surface area (Å²) in [5.74, 6) is 1.52. The summed E-state index contributed by atoms with van der Waals surface area (Å²) in [6.45, 7) is 3.55. The third kappa shape index (κ3) is 5.30. The van der Waals surface area contributed by atoms with Crippen LogP contribution in [0.15, 0.2) is 54.6 Å². The van der Waals surface area contributed by atoms with Crippen LogP contribution in [0.5, 0.6) is 11.5 Å². The van der Waals surface area contributed by atoms with Gasteiger partial charge in [0, 0.05) is 0 Å². The number of hydrogen-bond donors (Lipinski definition) is 3. The van der Waals surface area contributed by atoms with E-state index in [1.54, 1.807) is 6.92 Å². The van der Waals surface area contributed by atoms with E-state index in [2.05, 4.69) is 10.6 Å². The first kappa shape index (κ1) is 16.8. The third-order valence-corrected chi connectivity index (χ3v) is 3.36. The van der Waals surface area contributed by atoms with Gasteiger partial charge in [0.25, 0.3) is 0 Å². The van der Waals surface area contributed by atoms with Crippen LogP contribution >= 0.6 is 0 Å². The van der Waals surface area contributed by atoms with E-state index in [1.165, 1.54) is 0 Å². The van der Waals surface area contributed by atoms with E-state index >= 15 is 0 Å². The summed E-state index contributed by atoms with van der Waals surface area (Å²) in [7, 11) is 0. The SMILES string of the molecule is CC(CO)NC(=O)NC(C)c1ccc(Oc2ccccc2)cc1. The minimum atomic E-state index is -0.302. The van der Waals surface area contributed by atoms with Crippen molar-refractivity contribution in [3.63, 3.8) is 0 Å². The van der Waals surface area contributed by atoms with E-state index in [-0.39, 0.29) is 24.7 Å². The number of aliphatic hydroxyl groups excluding tert-OH is 1. The first-order chi connectivity index (χ1) is 11.1. The molecule has 2 unspecified atom stereocenters. The number of rotatable bonds is 6. The topological polar surface area (TPSA) is 70.6 Å². The van der Waals surface area contributed by atoms with Crippen LogP contribution in [0.1, 0.15) is 25.5 Å². The highest BCUT2D eigenvalue weighted by Crippen LogP contribution is 2.23. The second-order valence-corrected chi connectivity index (χ2v) is 5.41. The Hall–Kier alpha value is -2.53. The molecule has 2 rings (SSSR count). The number of benzene rings is 2. The average Bonchev–Trinajstić information content (AvgIpc) is 2.56. The van der Waals surface area contributed by atoms with Crippen molar-refractivity contribution in [3.8, 4) is 11.5 Å². The highest BCUT2D eigenvalue weighted by Gasteiger charge is 2.11. The molecule has 2 amide bonds. The molecule has 2 aromatic carbocycles. The number of para-hydroxylation sites is 1. The summed E-state index contributed by atoms with van der Waals surface area (Å²) in [6, 6.07) is 16.4. The lowest BCUT2D eigenvalue weighted by molar-refractivity contribution is 0.218. The molecule has 0 aliphatic rings. The predicted molar refractivity (Wildman–Crippen MR) is 89.6 cm³/mol. The van der Waals surface area contributed by atoms with Crippen molar-refractivity contribution in [2.24, 2.45) is 0 Å². The molecule has 0 aliphatic carbocycles. The monoisotopic (exact) mass is 314 g/mol. The van der Waals surface area contributed by atoms with E-state index in [1.807, 2.05) is 61.5 Å². The van der Waals surface area contributed by atoms with E-state index in [4.69, 9.17) is 9.84 Å². The van der Waals surface area contributed by atoms with Gasteiger partial charge in [0.15, 0.2) is 0 Å². The maximum absolute atomic E-state index is 11.7. The first-order valence-electron chi connectivity index (χ1n) is 7.59. The van der Waals surface area contributed by atoms with Gasteiger partial charge in [-0.3, -0.25) is 0 Å². The van der Waals surface area contributed by atoms with Crippen LogP contribution in [0.2, 0.25) is 0 Å². The smallest absolute Gasteiger partial charge is 0.315 e. The van der Waals surface area contributed by atoms with Gasteiger partial charge in [-0.15, -0.1) is 0 Å². The van der Waals surface area contributed by atoms with Crippen LogP contribution in [-0.2, 0) is 0 Å². The van der Waals surface area contributed by atoms with Gasteiger partial charge < -0.3 is 20.5 Å². The van der Waals surface area contributed by atoms with Crippen molar-refractivity contribution in [2.75, 3.05) is 6.61 Å². The number of amides is 2. The zero-order valence-electron chi connectivity index (χ0n) is 13.3. The quantitative estimate of drug-likeness (QED) is 0.766. The zero-order chi connectivity index (χ0) is 16.7. The lowest BCUT2D eigenvalue weighted by Gasteiger charge is -2.17. The number of hydrogen-bond acceptors (Lipinski definition) is 3. The second kappa shape index (κ2) is 8.19. The summed E-state index contributed by atoms with van der Waals surface area (Å²) >= 11 is 0. The van der Waals surface area contributed by atoms with Crippen molar-refractivity contribution in [2.45, 2.75) is 25.9 Å². The molecule has 2 atom stereocenters. The fourth-order valence-corrected chi connectivity index (χ4v) is 2.04. The molecular weight excluding hydrogens is 292 g/mol. The van der Waals surface area contributed by atoms with Crippen LogP contribution in [0.3, 0.4) is 0 Å². The first-order valence-corrected chi connectivity index (χ1v) is 7.59. The van der Waals surface area contributed by atoms with Crippen LogP contribution in [0, 0.1) is 0 Å². The Morgan fingerprint density at radius 1 is 1.00 bits per heavy atom. The summed E-state index contributed by atoms with van der Waals surface area (Å²) in [4.78, 5) is 11.7. The van der Waals surface area contributed by atoms with Crippen molar-refractivity contribution >= 4 is 6.03 Å². The highest BCUT2D eigenvalue weighted by molar-refractivity contribution is 5.74. The maximum Gasteiger partial charge on any atom is 0.315 e. The zero-order valence-corrected chi connectivity index (χ0v) is 13.3. The summed E-state index contributed by atoms with van der Waals surface area (Å²) in [5.41, 5.74) is 0.970. The summed E-state index contributed by atoms with van der Waals surface area (Å²) in [5, 5.41) is 14.4. The molecule has 0 saturated carbocycles. The molecule has 0 aromatic heterocycles. The van der Waals surface area contributed by atoms with Crippen LogP contribution < -0.4 is 15.4 Å². The minimum absolute atomic E-state index is 0.0900. The molecular formula is C18H22N2O3. The summed E-state index contributed by atoms with van der Waals surface area (Å²) in [6.07, 6.45) is 0. The van der Waals surface area contributed by atoms with Crippen molar-refractivity contribution in [1.29, 1.82) is 0 Å². The molecule has 3 N–H and O–H groups in total. The van der Waals surface area contributed by atoms with Gasteiger partial charge in [-0.05, 0) is 43.7 Å². The Morgan fingerprint density at radius 2 is 1.61 bits per heavy atom. The van der Waals surface area contributed by atoms with Gasteiger partial charge in [-0.25, -0.2) is 4.79 Å². The van der Waals surface area contributed by atoms with Gasteiger partial charge in [0.2, 0.25) is 0 Å². The fourth-order valence-electron chi connectivity index (χ4n) is 2.04. The molecule has 0 heterocycles. The van der Waals surface area contributed by atoms with Crippen molar-refractivity contribution in [1.82, 2.24) is 10.6 Å². The Kier molecular flexibility index (Phi) is 6.00. The molecule has 2 aromatic rings. The Balaban J connectivity index is 1.92. The molecule has 5 nitrogen and oxygen atoms in total. The number of aliphatic hydroxyl groups is 1. The lowest BCUT2D eigenvalue weighted by atomic mass is 10.1. The van der Waals surface area contributed by atoms with Crippen molar-refractivity contribution < 1.29 is 14.6 Å². The van der Waals surface area contributed by atoms with Crippen molar-refractivity contribution in [3.05, 3.63) is 60.2 Å². The Labute approximate surface area is 136 Å². The average molecular weight is 314 g/mol.